The van der Waals surface area contributed by atoms with Crippen molar-refractivity contribution in [2.24, 2.45) is 0 Å². The maximum atomic E-state index is 10.6. The smallest absolute Gasteiger partial charge is 0.211 e. The van der Waals surface area contributed by atoms with Gasteiger partial charge in [0.05, 0.1) is 11.4 Å². The highest BCUT2D eigenvalue weighted by Gasteiger charge is 2.37. The first kappa shape index (κ1) is 15.8. The third-order valence-corrected chi connectivity index (χ3v) is 6.59. The summed E-state index contributed by atoms with van der Waals surface area (Å²) >= 11 is 2.01. The largest absolute Gasteiger partial charge is 0.397 e. The monoisotopic (exact) mass is 344 g/mol. The Labute approximate surface area is 147 Å². The number of nitrogens with two attached hydrogens (primary N) is 1. The van der Waals surface area contributed by atoms with Gasteiger partial charge >= 0.3 is 0 Å². The molecule has 2 heterocycles. The summed E-state index contributed by atoms with van der Waals surface area (Å²) in [6, 6.07) is 6.41. The van der Waals surface area contributed by atoms with Gasteiger partial charge in [-0.05, 0) is 56.2 Å². The van der Waals surface area contributed by atoms with Crippen molar-refractivity contribution in [1.29, 1.82) is 0 Å². The van der Waals surface area contributed by atoms with Crippen LogP contribution in [-0.4, -0.2) is 23.4 Å². The van der Waals surface area contributed by atoms with Crippen LogP contribution in [0.4, 0.5) is 11.4 Å². The second kappa shape index (κ2) is 6.69. The van der Waals surface area contributed by atoms with Crippen LogP contribution >= 0.6 is 11.8 Å². The molecule has 24 heavy (non-hydrogen) atoms. The van der Waals surface area contributed by atoms with Crippen molar-refractivity contribution in [1.82, 2.24) is 10.2 Å². The van der Waals surface area contributed by atoms with Crippen molar-refractivity contribution in [2.75, 3.05) is 17.6 Å². The predicted octanol–water partition coefficient (Wildman–Crippen LogP) is 3.38. The van der Waals surface area contributed by atoms with Crippen molar-refractivity contribution in [3.05, 3.63) is 34.4 Å². The van der Waals surface area contributed by atoms with Crippen LogP contribution in [0.25, 0.3) is 0 Å². The van der Waals surface area contributed by atoms with Crippen LogP contribution in [0.5, 0.6) is 0 Å². The molecule has 1 amide bonds. The topological polar surface area (TPSA) is 70.4 Å². The second-order valence-corrected chi connectivity index (χ2v) is 7.90. The first-order valence-corrected chi connectivity index (χ1v) is 9.65. The minimum Gasteiger partial charge on any atom is -0.397 e. The van der Waals surface area contributed by atoms with Crippen molar-refractivity contribution in [3.8, 4) is 0 Å². The van der Waals surface area contributed by atoms with E-state index in [9.17, 15) is 4.79 Å². The van der Waals surface area contributed by atoms with Gasteiger partial charge in [-0.15, -0.1) is 0 Å². The Morgan fingerprint density at radius 3 is 2.96 bits per heavy atom. The molecular formula is C18H24N4OS. The van der Waals surface area contributed by atoms with Crippen molar-refractivity contribution < 1.29 is 4.79 Å². The molecule has 2 aliphatic heterocycles. The number of carbonyl (C=O) groups excluding carboxylic acids is 1. The van der Waals surface area contributed by atoms with Gasteiger partial charge in [-0.2, -0.15) is 0 Å². The molecule has 0 saturated carbocycles. The van der Waals surface area contributed by atoms with E-state index >= 15 is 0 Å². The molecule has 1 unspecified atom stereocenters. The molecule has 1 saturated heterocycles. The van der Waals surface area contributed by atoms with E-state index in [1.54, 1.807) is 4.91 Å². The minimum atomic E-state index is 0.356. The number of hydrogen-bond donors (Lipinski definition) is 3. The van der Waals surface area contributed by atoms with Crippen LogP contribution in [0.1, 0.15) is 50.1 Å². The van der Waals surface area contributed by atoms with Gasteiger partial charge in [0, 0.05) is 23.2 Å². The maximum absolute atomic E-state index is 10.6. The summed E-state index contributed by atoms with van der Waals surface area (Å²) in [5, 5.41) is 6.41. The number of thioether (sulfide) groups is 1. The Morgan fingerprint density at radius 2 is 2.17 bits per heavy atom. The number of anilines is 2. The first-order chi connectivity index (χ1) is 11.8. The summed E-state index contributed by atoms with van der Waals surface area (Å²) < 4.78 is 0. The molecule has 1 aromatic rings. The molecular weight excluding hydrogens is 320 g/mol. The van der Waals surface area contributed by atoms with Crippen molar-refractivity contribution in [2.45, 2.75) is 50.1 Å². The lowest BCUT2D eigenvalue weighted by atomic mass is 10.0. The number of nitrogen functional groups attached to an aromatic ring is 1. The van der Waals surface area contributed by atoms with E-state index in [2.05, 4.69) is 21.6 Å². The highest BCUT2D eigenvalue weighted by atomic mass is 32.2. The van der Waals surface area contributed by atoms with Gasteiger partial charge < -0.3 is 16.4 Å². The third kappa shape index (κ3) is 2.89. The molecule has 0 aromatic heterocycles. The van der Waals surface area contributed by atoms with E-state index in [0.29, 0.717) is 29.3 Å². The average molecular weight is 344 g/mol. The van der Waals surface area contributed by atoms with Gasteiger partial charge in [0.25, 0.3) is 0 Å². The van der Waals surface area contributed by atoms with Crippen LogP contribution in [0.15, 0.2) is 28.8 Å². The molecule has 4 N–H and O–H groups in total. The quantitative estimate of drug-likeness (QED) is 0.577. The van der Waals surface area contributed by atoms with Gasteiger partial charge in [0.1, 0.15) is 5.50 Å². The van der Waals surface area contributed by atoms with Crippen LogP contribution in [0.2, 0.25) is 0 Å². The van der Waals surface area contributed by atoms with E-state index in [1.807, 2.05) is 23.9 Å². The van der Waals surface area contributed by atoms with Gasteiger partial charge in [0.15, 0.2) is 0 Å². The summed E-state index contributed by atoms with van der Waals surface area (Å²) in [7, 11) is 0. The summed E-state index contributed by atoms with van der Waals surface area (Å²) in [6.07, 6.45) is 8.11. The fourth-order valence-corrected chi connectivity index (χ4v) is 5.46. The zero-order chi connectivity index (χ0) is 16.5. The number of amides is 1. The van der Waals surface area contributed by atoms with E-state index in [4.69, 9.17) is 5.73 Å². The Kier molecular flexibility index (Phi) is 4.41. The summed E-state index contributed by atoms with van der Waals surface area (Å²) in [4.78, 5) is 14.8. The number of carbonyl (C=O) groups is 1. The number of nitrogens with zero attached hydrogens (tertiary/aromatic N) is 1. The molecule has 1 fully saturated rings. The molecule has 1 aliphatic carbocycles. The number of nitrogens with one attached hydrogen (secondary N) is 2. The van der Waals surface area contributed by atoms with Gasteiger partial charge in [-0.3, -0.25) is 9.69 Å². The number of benzene rings is 1. The summed E-state index contributed by atoms with van der Waals surface area (Å²) in [5.41, 5.74) is 10.5. The fraction of sp³-hybridized carbons (Fsp3) is 0.500. The lowest BCUT2D eigenvalue weighted by Gasteiger charge is -2.31. The van der Waals surface area contributed by atoms with E-state index in [0.717, 1.165) is 13.0 Å². The Balaban J connectivity index is 1.51. The molecule has 2 atom stereocenters. The molecule has 6 heteroatoms. The number of allylic oxidation sites excluding steroid dienone is 2. The molecule has 4 rings (SSSR count). The molecule has 1 aromatic carbocycles. The van der Waals surface area contributed by atoms with Crippen LogP contribution in [0, 0.1) is 0 Å². The molecule has 128 valence electrons. The van der Waals surface area contributed by atoms with Gasteiger partial charge in [-0.1, -0.05) is 17.8 Å². The minimum absolute atomic E-state index is 0.356. The summed E-state index contributed by atoms with van der Waals surface area (Å²) in [5.74, 6) is 0. The zero-order valence-electron chi connectivity index (χ0n) is 13.8. The van der Waals surface area contributed by atoms with Crippen LogP contribution in [0.3, 0.4) is 0 Å². The second-order valence-electron chi connectivity index (χ2n) is 6.73. The maximum Gasteiger partial charge on any atom is 0.211 e. The predicted molar refractivity (Wildman–Crippen MR) is 99.2 cm³/mol. The lowest BCUT2D eigenvalue weighted by Crippen LogP contribution is -2.40. The molecule has 3 aliphatic rings. The Hall–Kier alpha value is -1.66. The van der Waals surface area contributed by atoms with Crippen molar-refractivity contribution >= 4 is 29.5 Å². The molecule has 0 spiro atoms. The zero-order valence-corrected chi connectivity index (χ0v) is 14.6. The molecule has 0 radical (unpaired) electrons. The van der Waals surface area contributed by atoms with Crippen LogP contribution < -0.4 is 16.4 Å². The third-order valence-electron chi connectivity index (χ3n) is 5.24. The first-order valence-electron chi connectivity index (χ1n) is 8.77. The normalized spacial score (nSPS) is 27.0. The number of hydrogen-bond acceptors (Lipinski definition) is 5. The average Bonchev–Trinajstić information content (AvgIpc) is 3.22. The van der Waals surface area contributed by atoms with Crippen LogP contribution in [-0.2, 0) is 4.79 Å². The van der Waals surface area contributed by atoms with E-state index < -0.39 is 0 Å². The lowest BCUT2D eigenvalue weighted by molar-refractivity contribution is -0.105. The van der Waals surface area contributed by atoms with Gasteiger partial charge in [0.2, 0.25) is 6.41 Å². The Bertz CT molecular complexity index is 657. The molecule has 0 bridgehead atoms. The summed E-state index contributed by atoms with van der Waals surface area (Å²) in [6.45, 7) is 1.12. The highest BCUT2D eigenvalue weighted by molar-refractivity contribution is 8.03. The van der Waals surface area contributed by atoms with E-state index in [-0.39, 0.29) is 0 Å². The fourth-order valence-electron chi connectivity index (χ4n) is 4.04. The molecule has 5 nitrogen and oxygen atoms in total. The highest BCUT2D eigenvalue weighted by Crippen LogP contribution is 2.45. The number of rotatable bonds is 4. The van der Waals surface area contributed by atoms with E-state index in [1.165, 1.54) is 43.4 Å². The van der Waals surface area contributed by atoms with Gasteiger partial charge in [-0.25, -0.2) is 0 Å². The Morgan fingerprint density at radius 1 is 1.29 bits per heavy atom. The standard InChI is InChI=1S/C18H24N4OS/c19-13-10-12(7-8-14(13)20-11-23)16-5-3-9-22(16)18-21-15-4-1-2-6-17(15)24-18/h7-8,10-11,16,18,21H,1-6,9,19H2,(H,20,23)/t16-,18?/m1/s1. The SMILES string of the molecule is Nc1cc([C@H]2CCCN2C2NC3=C(CCCC3)S2)ccc1NC=O. The van der Waals surface area contributed by atoms with Crippen molar-refractivity contribution in [3.63, 3.8) is 0 Å². The number of likely N-dealkylation sites (tertiary alicyclic amines) is 1.